The number of aromatic nitrogens is 3. The molecule has 198 valence electrons. The molecule has 0 aliphatic rings. The lowest BCUT2D eigenvalue weighted by molar-refractivity contribution is 1.07. The third kappa shape index (κ3) is 5.36. The fourth-order valence-electron chi connectivity index (χ4n) is 5.09. The molecule has 0 bridgehead atoms. The fraction of sp³-hybridized carbons (Fsp3) is 0. The molecule has 0 unspecified atom stereocenters. The Labute approximate surface area is 245 Å². The van der Waals surface area contributed by atoms with Gasteiger partial charge in [0.25, 0.3) is 0 Å². The predicted octanol–water partition coefficient (Wildman–Crippen LogP) is 9.87. The molecule has 0 radical (unpaired) electrons. The van der Waals surface area contributed by atoms with Crippen LogP contribution >= 0.6 is 0 Å². The molecule has 7 rings (SSSR count). The van der Waals surface area contributed by atoms with Gasteiger partial charge in [0.05, 0.1) is 0 Å². The molecule has 6 aromatic carbocycles. The quantitative estimate of drug-likeness (QED) is 0.212. The Morgan fingerprint density at radius 2 is 0.381 bits per heavy atom. The van der Waals surface area contributed by atoms with Crippen molar-refractivity contribution in [3.05, 3.63) is 164 Å². The topological polar surface area (TPSA) is 38.7 Å². The standard InChI is InChI=1S/C39H27N3/c1-4-10-28(11-5-1)29-16-18-30(19-17-29)31-20-22-32(23-21-31)33-24-26-36(27-25-33)39-41-37(34-12-6-2-7-13-34)40-38(42-39)35-14-8-3-9-15-35/h1-27H. The van der Waals surface area contributed by atoms with E-state index in [0.717, 1.165) is 27.8 Å². The maximum atomic E-state index is 4.85. The van der Waals surface area contributed by atoms with Crippen molar-refractivity contribution < 1.29 is 0 Å². The average Bonchev–Trinajstić information content (AvgIpc) is 3.09. The van der Waals surface area contributed by atoms with E-state index in [1.54, 1.807) is 0 Å². The van der Waals surface area contributed by atoms with Crippen LogP contribution in [0.3, 0.4) is 0 Å². The van der Waals surface area contributed by atoms with E-state index in [9.17, 15) is 0 Å². The van der Waals surface area contributed by atoms with Gasteiger partial charge in [0, 0.05) is 16.7 Å². The van der Waals surface area contributed by atoms with Gasteiger partial charge >= 0.3 is 0 Å². The molecular weight excluding hydrogens is 510 g/mol. The summed E-state index contributed by atoms with van der Waals surface area (Å²) >= 11 is 0. The van der Waals surface area contributed by atoms with Gasteiger partial charge in [-0.25, -0.2) is 15.0 Å². The number of benzene rings is 6. The van der Waals surface area contributed by atoms with Crippen molar-refractivity contribution in [2.24, 2.45) is 0 Å². The van der Waals surface area contributed by atoms with Gasteiger partial charge in [0.1, 0.15) is 0 Å². The summed E-state index contributed by atoms with van der Waals surface area (Å²) in [6.07, 6.45) is 0. The van der Waals surface area contributed by atoms with E-state index in [1.165, 1.54) is 22.3 Å². The fourth-order valence-corrected chi connectivity index (χ4v) is 5.09. The first-order chi connectivity index (χ1) is 20.8. The third-order valence-electron chi connectivity index (χ3n) is 7.39. The van der Waals surface area contributed by atoms with Crippen LogP contribution in [0.5, 0.6) is 0 Å². The zero-order valence-electron chi connectivity index (χ0n) is 22.9. The Morgan fingerprint density at radius 3 is 0.667 bits per heavy atom. The molecule has 0 spiro atoms. The lowest BCUT2D eigenvalue weighted by Gasteiger charge is -2.09. The Bertz CT molecular complexity index is 1860. The van der Waals surface area contributed by atoms with Crippen LogP contribution < -0.4 is 0 Å². The lowest BCUT2D eigenvalue weighted by atomic mass is 9.98. The Hall–Kier alpha value is -5.67. The molecule has 1 aromatic heterocycles. The van der Waals surface area contributed by atoms with Crippen molar-refractivity contribution in [1.82, 2.24) is 15.0 Å². The van der Waals surface area contributed by atoms with E-state index in [2.05, 4.69) is 97.1 Å². The molecule has 0 saturated heterocycles. The Kier molecular flexibility index (Phi) is 6.89. The highest BCUT2D eigenvalue weighted by Gasteiger charge is 2.12. The van der Waals surface area contributed by atoms with Gasteiger partial charge in [-0.2, -0.15) is 0 Å². The van der Waals surface area contributed by atoms with E-state index in [-0.39, 0.29) is 0 Å². The molecule has 3 nitrogen and oxygen atoms in total. The van der Waals surface area contributed by atoms with Gasteiger partial charge < -0.3 is 0 Å². The first-order valence-corrected chi connectivity index (χ1v) is 14.0. The van der Waals surface area contributed by atoms with Crippen LogP contribution in [0.1, 0.15) is 0 Å². The monoisotopic (exact) mass is 537 g/mol. The zero-order valence-corrected chi connectivity index (χ0v) is 22.9. The van der Waals surface area contributed by atoms with Crippen molar-refractivity contribution in [2.45, 2.75) is 0 Å². The highest BCUT2D eigenvalue weighted by atomic mass is 15.0. The summed E-state index contributed by atoms with van der Waals surface area (Å²) in [4.78, 5) is 14.5. The summed E-state index contributed by atoms with van der Waals surface area (Å²) in [6.45, 7) is 0. The molecule has 0 fully saturated rings. The highest BCUT2D eigenvalue weighted by molar-refractivity contribution is 5.75. The zero-order chi connectivity index (χ0) is 28.1. The minimum Gasteiger partial charge on any atom is -0.208 e. The van der Waals surface area contributed by atoms with Gasteiger partial charge in [-0.15, -0.1) is 0 Å². The molecule has 0 atom stereocenters. The molecule has 1 heterocycles. The predicted molar refractivity (Wildman–Crippen MR) is 172 cm³/mol. The smallest absolute Gasteiger partial charge is 0.164 e. The van der Waals surface area contributed by atoms with Crippen molar-refractivity contribution in [3.63, 3.8) is 0 Å². The van der Waals surface area contributed by atoms with Gasteiger partial charge in [-0.05, 0) is 33.4 Å². The van der Waals surface area contributed by atoms with Gasteiger partial charge in [0.15, 0.2) is 17.5 Å². The molecular formula is C39H27N3. The van der Waals surface area contributed by atoms with Crippen molar-refractivity contribution >= 4 is 0 Å². The van der Waals surface area contributed by atoms with Crippen molar-refractivity contribution in [3.8, 4) is 67.5 Å². The van der Waals surface area contributed by atoms with Gasteiger partial charge in [-0.1, -0.05) is 164 Å². The normalized spacial score (nSPS) is 10.9. The summed E-state index contributed by atoms with van der Waals surface area (Å²) in [6, 6.07) is 56.5. The minimum atomic E-state index is 0.656. The average molecular weight is 538 g/mol. The summed E-state index contributed by atoms with van der Waals surface area (Å²) in [7, 11) is 0. The lowest BCUT2D eigenvalue weighted by Crippen LogP contribution is -2.00. The van der Waals surface area contributed by atoms with E-state index in [4.69, 9.17) is 15.0 Å². The Balaban J connectivity index is 1.15. The second kappa shape index (κ2) is 11.4. The van der Waals surface area contributed by atoms with Crippen LogP contribution in [0.25, 0.3) is 67.5 Å². The van der Waals surface area contributed by atoms with Crippen LogP contribution in [0, 0.1) is 0 Å². The molecule has 0 N–H and O–H groups in total. The first kappa shape index (κ1) is 25.3. The van der Waals surface area contributed by atoms with E-state index >= 15 is 0 Å². The van der Waals surface area contributed by atoms with E-state index < -0.39 is 0 Å². The Morgan fingerprint density at radius 1 is 0.190 bits per heavy atom. The second-order valence-corrected chi connectivity index (χ2v) is 10.1. The van der Waals surface area contributed by atoms with Crippen LogP contribution in [0.4, 0.5) is 0 Å². The summed E-state index contributed by atoms with van der Waals surface area (Å²) in [5, 5.41) is 0. The number of nitrogens with zero attached hydrogens (tertiary/aromatic N) is 3. The summed E-state index contributed by atoms with van der Waals surface area (Å²) in [5.41, 5.74) is 10.0. The number of rotatable bonds is 6. The van der Waals surface area contributed by atoms with Crippen LogP contribution in [0.15, 0.2) is 164 Å². The molecule has 42 heavy (non-hydrogen) atoms. The van der Waals surface area contributed by atoms with Gasteiger partial charge in [-0.3, -0.25) is 0 Å². The van der Waals surface area contributed by atoms with Gasteiger partial charge in [0.2, 0.25) is 0 Å². The molecule has 0 aliphatic carbocycles. The first-order valence-electron chi connectivity index (χ1n) is 14.0. The molecule has 0 saturated carbocycles. The van der Waals surface area contributed by atoms with E-state index in [0.29, 0.717) is 17.5 Å². The molecule has 0 aliphatic heterocycles. The SMILES string of the molecule is c1ccc(-c2ccc(-c3ccc(-c4ccc(-c5nc(-c6ccccc6)nc(-c6ccccc6)n5)cc4)cc3)cc2)cc1. The van der Waals surface area contributed by atoms with Crippen molar-refractivity contribution in [2.75, 3.05) is 0 Å². The molecule has 7 aromatic rings. The van der Waals surface area contributed by atoms with Crippen LogP contribution in [-0.4, -0.2) is 15.0 Å². The maximum Gasteiger partial charge on any atom is 0.164 e. The van der Waals surface area contributed by atoms with E-state index in [1.807, 2.05) is 66.7 Å². The largest absolute Gasteiger partial charge is 0.208 e. The minimum absolute atomic E-state index is 0.656. The van der Waals surface area contributed by atoms with Crippen molar-refractivity contribution in [1.29, 1.82) is 0 Å². The number of hydrogen-bond acceptors (Lipinski definition) is 3. The van der Waals surface area contributed by atoms with Crippen LogP contribution in [-0.2, 0) is 0 Å². The third-order valence-corrected chi connectivity index (χ3v) is 7.39. The molecule has 0 amide bonds. The second-order valence-electron chi connectivity index (χ2n) is 10.1. The van der Waals surface area contributed by atoms with Crippen LogP contribution in [0.2, 0.25) is 0 Å². The molecule has 3 heteroatoms. The summed E-state index contributed by atoms with van der Waals surface area (Å²) in [5.74, 6) is 1.98. The summed E-state index contributed by atoms with van der Waals surface area (Å²) < 4.78 is 0. The highest BCUT2D eigenvalue weighted by Crippen LogP contribution is 2.30. The maximum absolute atomic E-state index is 4.85. The number of hydrogen-bond donors (Lipinski definition) is 0.